The Morgan fingerprint density at radius 3 is 2.79 bits per heavy atom. The second kappa shape index (κ2) is 7.66. The quantitative estimate of drug-likeness (QED) is 0.904. The highest BCUT2D eigenvalue weighted by Gasteiger charge is 2.27. The lowest BCUT2D eigenvalue weighted by Gasteiger charge is -2.35. The van der Waals surface area contributed by atoms with Crippen LogP contribution < -0.4 is 5.73 Å². The van der Waals surface area contributed by atoms with Crippen molar-refractivity contribution in [2.75, 3.05) is 19.6 Å². The molecule has 1 aromatic rings. The molecule has 132 valence electrons. The molecule has 6 heteroatoms. The second-order valence-corrected chi connectivity index (χ2v) is 8.04. The molecule has 2 N–H and O–H groups in total. The Morgan fingerprint density at radius 1 is 1.29 bits per heavy atom. The number of rotatable bonds is 4. The van der Waals surface area contributed by atoms with Gasteiger partial charge in [0.1, 0.15) is 0 Å². The standard InChI is InChI=1S/C18H27N3O2S/c1-13(19)14-3-2-8-20(11-14)17(22)4-5-18(23)21-9-6-16-15(12-21)7-10-24-16/h7,10,13-14H,2-6,8-9,11-12,19H2,1H3. The summed E-state index contributed by atoms with van der Waals surface area (Å²) < 4.78 is 0. The molecule has 0 aliphatic carbocycles. The zero-order valence-corrected chi connectivity index (χ0v) is 15.2. The van der Waals surface area contributed by atoms with Crippen molar-refractivity contribution < 1.29 is 9.59 Å². The summed E-state index contributed by atoms with van der Waals surface area (Å²) in [6, 6.07) is 2.22. The molecule has 24 heavy (non-hydrogen) atoms. The molecule has 1 aromatic heterocycles. The van der Waals surface area contributed by atoms with E-state index < -0.39 is 0 Å². The maximum atomic E-state index is 12.4. The van der Waals surface area contributed by atoms with E-state index in [2.05, 4.69) is 11.4 Å². The summed E-state index contributed by atoms with van der Waals surface area (Å²) in [5.74, 6) is 0.584. The Bertz CT molecular complexity index is 599. The first-order valence-corrected chi connectivity index (χ1v) is 9.79. The van der Waals surface area contributed by atoms with E-state index >= 15 is 0 Å². The minimum Gasteiger partial charge on any atom is -0.342 e. The van der Waals surface area contributed by atoms with Gasteiger partial charge in [-0.25, -0.2) is 0 Å². The van der Waals surface area contributed by atoms with E-state index in [1.807, 2.05) is 16.7 Å². The number of carbonyl (C=O) groups excluding carboxylic acids is 2. The van der Waals surface area contributed by atoms with Gasteiger partial charge in [0.2, 0.25) is 11.8 Å². The zero-order valence-electron chi connectivity index (χ0n) is 14.4. The minimum absolute atomic E-state index is 0.0981. The van der Waals surface area contributed by atoms with Gasteiger partial charge < -0.3 is 15.5 Å². The number of likely N-dealkylation sites (tertiary alicyclic amines) is 1. The summed E-state index contributed by atoms with van der Waals surface area (Å²) in [7, 11) is 0. The van der Waals surface area contributed by atoms with E-state index in [0.717, 1.165) is 38.9 Å². The number of piperidine rings is 1. The van der Waals surface area contributed by atoms with E-state index in [-0.39, 0.29) is 17.9 Å². The van der Waals surface area contributed by atoms with Crippen LogP contribution in [0.1, 0.15) is 43.0 Å². The fourth-order valence-corrected chi connectivity index (χ4v) is 4.55. The van der Waals surface area contributed by atoms with Gasteiger partial charge in [-0.3, -0.25) is 9.59 Å². The van der Waals surface area contributed by atoms with Crippen LogP contribution in [0.4, 0.5) is 0 Å². The lowest BCUT2D eigenvalue weighted by Crippen LogP contribution is -2.45. The van der Waals surface area contributed by atoms with Gasteiger partial charge in [-0.2, -0.15) is 0 Å². The van der Waals surface area contributed by atoms with Gasteiger partial charge in [0.15, 0.2) is 0 Å². The van der Waals surface area contributed by atoms with Crippen molar-refractivity contribution in [2.24, 2.45) is 11.7 Å². The third-order valence-corrected chi connectivity index (χ3v) is 6.29. The van der Waals surface area contributed by atoms with E-state index in [1.54, 1.807) is 11.3 Å². The molecular formula is C18H27N3O2S. The number of nitrogens with two attached hydrogens (primary N) is 1. The highest BCUT2D eigenvalue weighted by atomic mass is 32.1. The molecule has 0 radical (unpaired) electrons. The third kappa shape index (κ3) is 3.98. The van der Waals surface area contributed by atoms with Gasteiger partial charge in [0, 0.05) is 49.9 Å². The number of thiophene rings is 1. The zero-order chi connectivity index (χ0) is 17.1. The van der Waals surface area contributed by atoms with E-state index in [9.17, 15) is 9.59 Å². The van der Waals surface area contributed by atoms with Crippen molar-refractivity contribution in [2.45, 2.75) is 51.6 Å². The molecule has 0 bridgehead atoms. The Kier molecular flexibility index (Phi) is 5.56. The van der Waals surface area contributed by atoms with Gasteiger partial charge in [0.05, 0.1) is 0 Å². The topological polar surface area (TPSA) is 66.6 Å². The average molecular weight is 350 g/mol. The Morgan fingerprint density at radius 2 is 2.04 bits per heavy atom. The van der Waals surface area contributed by atoms with Crippen LogP contribution in [-0.4, -0.2) is 47.3 Å². The van der Waals surface area contributed by atoms with Crippen LogP contribution in [0.2, 0.25) is 0 Å². The lowest BCUT2D eigenvalue weighted by atomic mass is 9.92. The predicted octanol–water partition coefficient (Wildman–Crippen LogP) is 2.00. The van der Waals surface area contributed by atoms with Gasteiger partial charge >= 0.3 is 0 Å². The van der Waals surface area contributed by atoms with Gasteiger partial charge in [-0.05, 0) is 49.1 Å². The number of fused-ring (bicyclic) bond motifs is 1. The normalized spacial score (nSPS) is 22.2. The number of hydrogen-bond donors (Lipinski definition) is 1. The first-order valence-electron chi connectivity index (χ1n) is 8.91. The molecule has 1 fully saturated rings. The number of amides is 2. The number of carbonyl (C=O) groups is 2. The van der Waals surface area contributed by atoms with E-state index in [0.29, 0.717) is 25.3 Å². The molecule has 2 amide bonds. The molecule has 2 aliphatic heterocycles. The van der Waals surface area contributed by atoms with Crippen LogP contribution in [0.3, 0.4) is 0 Å². The van der Waals surface area contributed by atoms with Crippen molar-refractivity contribution in [1.29, 1.82) is 0 Å². The smallest absolute Gasteiger partial charge is 0.223 e. The van der Waals surface area contributed by atoms with Crippen LogP contribution in [0.15, 0.2) is 11.4 Å². The molecule has 1 saturated heterocycles. The SMILES string of the molecule is CC(N)C1CCCN(C(=O)CCC(=O)N2CCc3sccc3C2)C1. The van der Waals surface area contributed by atoms with Crippen molar-refractivity contribution in [1.82, 2.24) is 9.80 Å². The molecule has 0 saturated carbocycles. The van der Waals surface area contributed by atoms with Crippen LogP contribution >= 0.6 is 11.3 Å². The third-order valence-electron chi connectivity index (χ3n) is 5.27. The molecule has 2 aliphatic rings. The van der Waals surface area contributed by atoms with Crippen molar-refractivity contribution in [3.8, 4) is 0 Å². The maximum absolute atomic E-state index is 12.4. The fourth-order valence-electron chi connectivity index (χ4n) is 3.66. The van der Waals surface area contributed by atoms with E-state index in [1.165, 1.54) is 10.4 Å². The number of nitrogens with zero attached hydrogens (tertiary/aromatic N) is 2. The van der Waals surface area contributed by atoms with Crippen LogP contribution in [0, 0.1) is 5.92 Å². The fraction of sp³-hybridized carbons (Fsp3) is 0.667. The largest absolute Gasteiger partial charge is 0.342 e. The average Bonchev–Trinajstić information content (AvgIpc) is 3.07. The number of hydrogen-bond acceptors (Lipinski definition) is 4. The molecule has 5 nitrogen and oxygen atoms in total. The van der Waals surface area contributed by atoms with Gasteiger partial charge in [0.25, 0.3) is 0 Å². The lowest BCUT2D eigenvalue weighted by molar-refractivity contribution is -0.138. The summed E-state index contributed by atoms with van der Waals surface area (Å²) >= 11 is 1.77. The Labute approximate surface area is 147 Å². The molecule has 2 unspecified atom stereocenters. The highest BCUT2D eigenvalue weighted by Crippen LogP contribution is 2.25. The Hall–Kier alpha value is -1.40. The summed E-state index contributed by atoms with van der Waals surface area (Å²) in [6.07, 6.45) is 3.68. The summed E-state index contributed by atoms with van der Waals surface area (Å²) in [6.45, 7) is 5.03. The van der Waals surface area contributed by atoms with Crippen LogP contribution in [0.5, 0.6) is 0 Å². The van der Waals surface area contributed by atoms with Crippen molar-refractivity contribution in [3.05, 3.63) is 21.9 Å². The monoisotopic (exact) mass is 349 g/mol. The molecule has 0 spiro atoms. The van der Waals surface area contributed by atoms with Crippen LogP contribution in [0.25, 0.3) is 0 Å². The first-order chi connectivity index (χ1) is 11.5. The van der Waals surface area contributed by atoms with E-state index in [4.69, 9.17) is 5.73 Å². The second-order valence-electron chi connectivity index (χ2n) is 7.04. The van der Waals surface area contributed by atoms with Crippen LogP contribution in [-0.2, 0) is 22.6 Å². The van der Waals surface area contributed by atoms with Crippen molar-refractivity contribution in [3.63, 3.8) is 0 Å². The minimum atomic E-state index is 0.0981. The molecule has 3 heterocycles. The highest BCUT2D eigenvalue weighted by molar-refractivity contribution is 7.10. The molecule has 2 atom stereocenters. The summed E-state index contributed by atoms with van der Waals surface area (Å²) in [4.78, 5) is 30.0. The summed E-state index contributed by atoms with van der Waals surface area (Å²) in [5.41, 5.74) is 7.25. The predicted molar refractivity (Wildman–Crippen MR) is 95.6 cm³/mol. The summed E-state index contributed by atoms with van der Waals surface area (Å²) in [5, 5.41) is 2.09. The van der Waals surface area contributed by atoms with Gasteiger partial charge in [-0.15, -0.1) is 11.3 Å². The maximum Gasteiger partial charge on any atom is 0.223 e. The molecule has 0 aromatic carbocycles. The van der Waals surface area contributed by atoms with Crippen molar-refractivity contribution >= 4 is 23.2 Å². The molecule has 3 rings (SSSR count). The molecular weight excluding hydrogens is 322 g/mol. The Balaban J connectivity index is 1.47. The first kappa shape index (κ1) is 17.4. The van der Waals surface area contributed by atoms with Gasteiger partial charge in [-0.1, -0.05) is 0 Å².